The Bertz CT molecular complexity index is 221. The molecule has 1 rings (SSSR count). The lowest BCUT2D eigenvalue weighted by molar-refractivity contribution is 0.370. The largest absolute Gasteiger partial charge is 0.481 e. The first-order chi connectivity index (χ1) is 4.72. The number of methoxy groups -OCH3 is 1. The Morgan fingerprint density at radius 1 is 1.40 bits per heavy atom. The molecular formula is C5H4F2N2O. The first-order valence-electron chi connectivity index (χ1n) is 2.46. The van der Waals surface area contributed by atoms with Crippen molar-refractivity contribution < 1.29 is 13.5 Å². The Morgan fingerprint density at radius 2 is 2.10 bits per heavy atom. The summed E-state index contributed by atoms with van der Waals surface area (Å²) in [5.74, 6) is -1.06. The molecule has 0 unspecified atom stereocenters. The molecule has 1 heterocycles. The average molecular weight is 146 g/mol. The van der Waals surface area contributed by atoms with Crippen molar-refractivity contribution in [3.8, 4) is 5.88 Å². The molecule has 0 aliphatic heterocycles. The Balaban J connectivity index is 3.06. The molecule has 1 aromatic rings. The standard InChI is InChI=1S/C5H4F2N2O/c1-10-4-2-3(6)8-5(7)9-4/h2H,1H3. The average Bonchev–Trinajstić information content (AvgIpc) is 1.85. The van der Waals surface area contributed by atoms with Crippen LogP contribution in [0.5, 0.6) is 5.88 Å². The van der Waals surface area contributed by atoms with Crippen molar-refractivity contribution in [2.45, 2.75) is 0 Å². The summed E-state index contributed by atoms with van der Waals surface area (Å²) >= 11 is 0. The van der Waals surface area contributed by atoms with Gasteiger partial charge in [0.1, 0.15) is 0 Å². The zero-order valence-corrected chi connectivity index (χ0v) is 5.14. The van der Waals surface area contributed by atoms with Crippen molar-refractivity contribution >= 4 is 0 Å². The van der Waals surface area contributed by atoms with Crippen molar-refractivity contribution in [2.75, 3.05) is 7.11 Å². The molecule has 10 heavy (non-hydrogen) atoms. The van der Waals surface area contributed by atoms with Gasteiger partial charge in [-0.2, -0.15) is 18.7 Å². The molecule has 0 fully saturated rings. The maximum absolute atomic E-state index is 12.1. The number of hydrogen-bond donors (Lipinski definition) is 0. The van der Waals surface area contributed by atoms with E-state index in [2.05, 4.69) is 14.7 Å². The maximum Gasteiger partial charge on any atom is 0.314 e. The summed E-state index contributed by atoms with van der Waals surface area (Å²) in [5.41, 5.74) is 0. The monoisotopic (exact) mass is 146 g/mol. The highest BCUT2D eigenvalue weighted by Gasteiger charge is 2.01. The van der Waals surface area contributed by atoms with E-state index in [1.165, 1.54) is 7.11 Å². The van der Waals surface area contributed by atoms with Crippen LogP contribution >= 0.6 is 0 Å². The third-order valence-corrected chi connectivity index (χ3v) is 0.853. The first-order valence-corrected chi connectivity index (χ1v) is 2.46. The Labute approximate surface area is 55.7 Å². The molecule has 0 spiro atoms. The van der Waals surface area contributed by atoms with Crippen LogP contribution in [0, 0.1) is 12.0 Å². The molecule has 3 nitrogen and oxygen atoms in total. The third-order valence-electron chi connectivity index (χ3n) is 0.853. The zero-order valence-electron chi connectivity index (χ0n) is 5.14. The molecule has 0 atom stereocenters. The van der Waals surface area contributed by atoms with Crippen LogP contribution in [0.15, 0.2) is 6.07 Å². The number of aromatic nitrogens is 2. The van der Waals surface area contributed by atoms with Gasteiger partial charge < -0.3 is 4.74 Å². The SMILES string of the molecule is COc1cc(F)nc(F)n1. The minimum atomic E-state index is -1.13. The second-order valence-electron chi connectivity index (χ2n) is 1.50. The minimum Gasteiger partial charge on any atom is -0.481 e. The van der Waals surface area contributed by atoms with E-state index in [0.29, 0.717) is 0 Å². The number of nitrogens with zero attached hydrogens (tertiary/aromatic N) is 2. The van der Waals surface area contributed by atoms with E-state index in [9.17, 15) is 8.78 Å². The fourth-order valence-corrected chi connectivity index (χ4v) is 0.475. The molecule has 0 N–H and O–H groups in total. The van der Waals surface area contributed by atoms with E-state index in [0.717, 1.165) is 6.07 Å². The molecule has 1 aromatic heterocycles. The van der Waals surface area contributed by atoms with Gasteiger partial charge in [-0.25, -0.2) is 0 Å². The van der Waals surface area contributed by atoms with E-state index in [-0.39, 0.29) is 5.88 Å². The molecule has 0 radical (unpaired) electrons. The van der Waals surface area contributed by atoms with Crippen molar-refractivity contribution in [2.24, 2.45) is 0 Å². The number of halogens is 2. The van der Waals surface area contributed by atoms with Crippen molar-refractivity contribution in [3.63, 3.8) is 0 Å². The molecule has 0 bridgehead atoms. The fraction of sp³-hybridized carbons (Fsp3) is 0.200. The Morgan fingerprint density at radius 3 is 2.60 bits per heavy atom. The summed E-state index contributed by atoms with van der Waals surface area (Å²) in [4.78, 5) is 5.87. The van der Waals surface area contributed by atoms with Gasteiger partial charge in [0.25, 0.3) is 0 Å². The van der Waals surface area contributed by atoms with Crippen molar-refractivity contribution in [3.05, 3.63) is 18.1 Å². The van der Waals surface area contributed by atoms with Crippen LogP contribution < -0.4 is 4.74 Å². The smallest absolute Gasteiger partial charge is 0.314 e. The van der Waals surface area contributed by atoms with Crippen LogP contribution in [0.3, 0.4) is 0 Å². The van der Waals surface area contributed by atoms with Crippen molar-refractivity contribution in [1.82, 2.24) is 9.97 Å². The van der Waals surface area contributed by atoms with E-state index in [1.54, 1.807) is 0 Å². The van der Waals surface area contributed by atoms with Gasteiger partial charge in [-0.05, 0) is 0 Å². The second-order valence-corrected chi connectivity index (χ2v) is 1.50. The molecule has 5 heteroatoms. The highest BCUT2D eigenvalue weighted by molar-refractivity contribution is 5.05. The lowest BCUT2D eigenvalue weighted by Gasteiger charge is -1.95. The summed E-state index contributed by atoms with van der Waals surface area (Å²) < 4.78 is 28.7. The number of ether oxygens (including phenoxy) is 1. The number of rotatable bonds is 1. The van der Waals surface area contributed by atoms with Crippen molar-refractivity contribution in [1.29, 1.82) is 0 Å². The van der Waals surface area contributed by atoms with Crippen LogP contribution in [0.2, 0.25) is 0 Å². The second kappa shape index (κ2) is 2.55. The quantitative estimate of drug-likeness (QED) is 0.433. The molecule has 0 saturated carbocycles. The lowest BCUT2D eigenvalue weighted by atomic mass is 10.6. The molecular weight excluding hydrogens is 142 g/mol. The molecule has 54 valence electrons. The third kappa shape index (κ3) is 1.37. The molecule has 0 aliphatic carbocycles. The summed E-state index contributed by atoms with van der Waals surface area (Å²) in [6, 6.07) is 0.892. The van der Waals surface area contributed by atoms with Crippen LogP contribution in [0.1, 0.15) is 0 Å². The Kier molecular flexibility index (Phi) is 1.75. The summed E-state index contributed by atoms with van der Waals surface area (Å²) in [6.07, 6.45) is -1.13. The predicted octanol–water partition coefficient (Wildman–Crippen LogP) is 0.763. The van der Waals surface area contributed by atoms with Gasteiger partial charge in [-0.15, -0.1) is 0 Å². The molecule has 0 amide bonds. The molecule has 0 aromatic carbocycles. The van der Waals surface area contributed by atoms with E-state index in [1.807, 2.05) is 0 Å². The maximum atomic E-state index is 12.1. The van der Waals surface area contributed by atoms with Crippen LogP contribution in [0.4, 0.5) is 8.78 Å². The van der Waals surface area contributed by atoms with E-state index in [4.69, 9.17) is 0 Å². The highest BCUT2D eigenvalue weighted by Crippen LogP contribution is 2.05. The van der Waals surface area contributed by atoms with E-state index >= 15 is 0 Å². The van der Waals surface area contributed by atoms with E-state index < -0.39 is 12.0 Å². The summed E-state index contributed by atoms with van der Waals surface area (Å²) in [5, 5.41) is 0. The predicted molar refractivity (Wildman–Crippen MR) is 28.5 cm³/mol. The van der Waals surface area contributed by atoms with Gasteiger partial charge in [-0.1, -0.05) is 0 Å². The van der Waals surface area contributed by atoms with Gasteiger partial charge in [0.2, 0.25) is 11.8 Å². The normalized spacial score (nSPS) is 9.50. The highest BCUT2D eigenvalue weighted by atomic mass is 19.1. The first kappa shape index (κ1) is 6.85. The number of hydrogen-bond acceptors (Lipinski definition) is 3. The lowest BCUT2D eigenvalue weighted by Crippen LogP contribution is -1.96. The molecule has 0 aliphatic rings. The van der Waals surface area contributed by atoms with Gasteiger partial charge in [0, 0.05) is 0 Å². The van der Waals surface area contributed by atoms with Crippen LogP contribution in [-0.4, -0.2) is 17.1 Å². The van der Waals surface area contributed by atoms with Gasteiger partial charge in [0.15, 0.2) is 0 Å². The van der Waals surface area contributed by atoms with Gasteiger partial charge >= 0.3 is 6.08 Å². The summed E-state index contributed by atoms with van der Waals surface area (Å²) in [6.45, 7) is 0. The fourth-order valence-electron chi connectivity index (χ4n) is 0.475. The molecule has 0 saturated heterocycles. The minimum absolute atomic E-state index is 0.120. The summed E-state index contributed by atoms with van der Waals surface area (Å²) in [7, 11) is 1.27. The van der Waals surface area contributed by atoms with Crippen LogP contribution in [-0.2, 0) is 0 Å². The zero-order chi connectivity index (χ0) is 7.56. The van der Waals surface area contributed by atoms with Crippen LogP contribution in [0.25, 0.3) is 0 Å². The van der Waals surface area contributed by atoms with Gasteiger partial charge in [0.05, 0.1) is 13.2 Å². The topological polar surface area (TPSA) is 35.0 Å². The van der Waals surface area contributed by atoms with Gasteiger partial charge in [-0.3, -0.25) is 0 Å². The Hall–Kier alpha value is -1.26.